The van der Waals surface area contributed by atoms with Crippen molar-refractivity contribution in [3.8, 4) is 0 Å². The Morgan fingerprint density at radius 1 is 1.24 bits per heavy atom. The molecule has 0 aromatic heterocycles. The first-order valence-electron chi connectivity index (χ1n) is 9.26. The van der Waals surface area contributed by atoms with Crippen LogP contribution in [0.3, 0.4) is 0 Å². The van der Waals surface area contributed by atoms with Crippen molar-refractivity contribution < 1.29 is 14.3 Å². The van der Waals surface area contributed by atoms with E-state index < -0.39 is 0 Å². The second kappa shape index (κ2) is 8.30. The van der Waals surface area contributed by atoms with E-state index in [1.807, 2.05) is 0 Å². The van der Waals surface area contributed by atoms with Crippen LogP contribution >= 0.6 is 0 Å². The van der Waals surface area contributed by atoms with E-state index in [2.05, 4.69) is 36.1 Å². The van der Waals surface area contributed by atoms with E-state index >= 15 is 0 Å². The number of likely N-dealkylation sites (tertiary alicyclic amines) is 1. The molecule has 3 rings (SSSR count). The molecule has 5 nitrogen and oxygen atoms in total. The summed E-state index contributed by atoms with van der Waals surface area (Å²) in [5.41, 5.74) is 2.68. The summed E-state index contributed by atoms with van der Waals surface area (Å²) in [5.74, 6) is -0.00109. The van der Waals surface area contributed by atoms with Gasteiger partial charge in [0.05, 0.1) is 18.8 Å². The Kier molecular flexibility index (Phi) is 6.10. The zero-order valence-corrected chi connectivity index (χ0v) is 15.6. The normalized spacial score (nSPS) is 26.4. The molecule has 2 aliphatic rings. The first kappa shape index (κ1) is 18.4. The fourth-order valence-corrected chi connectivity index (χ4v) is 3.74. The summed E-state index contributed by atoms with van der Waals surface area (Å²) < 4.78 is 11.8. The molecule has 2 heterocycles. The maximum atomic E-state index is 11.6. The molecule has 1 unspecified atom stereocenters. The Labute approximate surface area is 150 Å². The van der Waals surface area contributed by atoms with Gasteiger partial charge in [0.15, 0.2) is 0 Å². The van der Waals surface area contributed by atoms with Gasteiger partial charge in [-0.3, -0.25) is 9.69 Å². The number of hydrogen-bond acceptors (Lipinski definition) is 4. The smallest absolute Gasteiger partial charge is 0.248 e. The van der Waals surface area contributed by atoms with Gasteiger partial charge in [-0.1, -0.05) is 29.8 Å². The first-order valence-corrected chi connectivity index (χ1v) is 9.26. The van der Waals surface area contributed by atoms with E-state index in [-0.39, 0.29) is 18.6 Å². The monoisotopic (exact) mass is 346 g/mol. The summed E-state index contributed by atoms with van der Waals surface area (Å²) in [6.07, 6.45) is 3.66. The number of ether oxygens (including phenoxy) is 2. The largest absolute Gasteiger partial charge is 0.371 e. The average Bonchev–Trinajstić information content (AvgIpc) is 2.99. The molecule has 1 aromatic rings. The highest BCUT2D eigenvalue weighted by Gasteiger charge is 2.39. The Balaban J connectivity index is 1.45. The quantitative estimate of drug-likeness (QED) is 0.792. The van der Waals surface area contributed by atoms with E-state index in [9.17, 15) is 4.79 Å². The number of amides is 1. The molecule has 1 aromatic carbocycles. The average molecular weight is 346 g/mol. The van der Waals surface area contributed by atoms with E-state index in [0.717, 1.165) is 32.4 Å². The molecule has 0 saturated carbocycles. The predicted octanol–water partition coefficient (Wildman–Crippen LogP) is 2.22. The van der Waals surface area contributed by atoms with Crippen LogP contribution < -0.4 is 0 Å². The summed E-state index contributed by atoms with van der Waals surface area (Å²) in [6.45, 7) is 4.87. The fourth-order valence-electron chi connectivity index (χ4n) is 3.74. The molecule has 2 aliphatic heterocycles. The number of carbonyl (C=O) groups excluding carboxylic acids is 1. The summed E-state index contributed by atoms with van der Waals surface area (Å²) in [7, 11) is 3.49. The molecule has 0 bridgehead atoms. The van der Waals surface area contributed by atoms with Crippen molar-refractivity contribution in [2.75, 3.05) is 33.9 Å². The number of likely N-dealkylation sites (N-methyl/N-ethyl adjacent to an activating group) is 1. The number of aryl methyl sites for hydroxylation is 1. The van der Waals surface area contributed by atoms with Crippen LogP contribution in [0.5, 0.6) is 0 Å². The Morgan fingerprint density at radius 3 is 2.72 bits per heavy atom. The maximum absolute atomic E-state index is 11.6. The van der Waals surface area contributed by atoms with Gasteiger partial charge < -0.3 is 14.4 Å². The highest BCUT2D eigenvalue weighted by Crippen LogP contribution is 2.32. The lowest BCUT2D eigenvalue weighted by Gasteiger charge is -2.36. The van der Waals surface area contributed by atoms with Crippen LogP contribution in [0, 0.1) is 6.92 Å². The van der Waals surface area contributed by atoms with Crippen LogP contribution in [0.25, 0.3) is 0 Å². The van der Waals surface area contributed by atoms with Gasteiger partial charge >= 0.3 is 0 Å². The standard InChI is InChI=1S/C20H30N2O3/c1-15-4-6-16(7-5-15)12-22-11-10-19-18(22)9-8-17(25-19)13-24-14-20(23)21(2)3/h4-7,17-19H,8-14H2,1-3H3/t17?,18-,19-/m1/s1. The minimum absolute atomic E-state index is 0.00109. The van der Waals surface area contributed by atoms with Crippen LogP contribution in [-0.2, 0) is 20.8 Å². The molecule has 5 heteroatoms. The van der Waals surface area contributed by atoms with Crippen LogP contribution in [0.1, 0.15) is 30.4 Å². The fraction of sp³-hybridized carbons (Fsp3) is 0.650. The van der Waals surface area contributed by atoms with Gasteiger partial charge in [-0.25, -0.2) is 0 Å². The molecule has 25 heavy (non-hydrogen) atoms. The maximum Gasteiger partial charge on any atom is 0.248 e. The molecular formula is C20H30N2O3. The SMILES string of the molecule is Cc1ccc(CN2CC[C@H]3OC(COCC(=O)N(C)C)CC[C@H]32)cc1. The number of carbonyl (C=O) groups is 1. The van der Waals surface area contributed by atoms with E-state index in [1.165, 1.54) is 11.1 Å². The number of hydrogen-bond donors (Lipinski definition) is 0. The molecule has 0 radical (unpaired) electrons. The van der Waals surface area contributed by atoms with E-state index in [4.69, 9.17) is 9.47 Å². The molecule has 2 saturated heterocycles. The van der Waals surface area contributed by atoms with E-state index in [0.29, 0.717) is 18.8 Å². The van der Waals surface area contributed by atoms with Crippen LogP contribution in [-0.4, -0.2) is 67.8 Å². The third-order valence-corrected chi connectivity index (χ3v) is 5.29. The van der Waals surface area contributed by atoms with Crippen molar-refractivity contribution in [2.45, 2.75) is 51.0 Å². The second-order valence-electron chi connectivity index (χ2n) is 7.49. The third kappa shape index (κ3) is 4.81. The van der Waals surface area contributed by atoms with Gasteiger partial charge in [-0.2, -0.15) is 0 Å². The minimum atomic E-state index is -0.00109. The Morgan fingerprint density at radius 2 is 2.00 bits per heavy atom. The van der Waals surface area contributed by atoms with Gasteiger partial charge in [0.2, 0.25) is 5.91 Å². The summed E-state index contributed by atoms with van der Waals surface area (Å²) in [4.78, 5) is 15.7. The number of nitrogens with zero attached hydrogens (tertiary/aromatic N) is 2. The molecule has 0 spiro atoms. The number of rotatable bonds is 6. The molecule has 0 N–H and O–H groups in total. The second-order valence-corrected chi connectivity index (χ2v) is 7.49. The summed E-state index contributed by atoms with van der Waals surface area (Å²) in [5, 5.41) is 0. The van der Waals surface area contributed by atoms with Gasteiger partial charge in [0.1, 0.15) is 6.61 Å². The van der Waals surface area contributed by atoms with Gasteiger partial charge in [0, 0.05) is 33.2 Å². The number of fused-ring (bicyclic) bond motifs is 1. The predicted molar refractivity (Wildman–Crippen MR) is 97.4 cm³/mol. The Bertz CT molecular complexity index is 573. The van der Waals surface area contributed by atoms with Gasteiger partial charge in [-0.15, -0.1) is 0 Å². The molecule has 1 amide bonds. The summed E-state index contributed by atoms with van der Waals surface area (Å²) in [6, 6.07) is 9.34. The summed E-state index contributed by atoms with van der Waals surface area (Å²) >= 11 is 0. The van der Waals surface area contributed by atoms with E-state index in [1.54, 1.807) is 19.0 Å². The van der Waals surface area contributed by atoms with Crippen LogP contribution in [0.15, 0.2) is 24.3 Å². The molecular weight excluding hydrogens is 316 g/mol. The highest BCUT2D eigenvalue weighted by molar-refractivity contribution is 5.76. The third-order valence-electron chi connectivity index (χ3n) is 5.29. The number of benzene rings is 1. The van der Waals surface area contributed by atoms with Crippen molar-refractivity contribution in [2.24, 2.45) is 0 Å². The van der Waals surface area contributed by atoms with Crippen molar-refractivity contribution in [3.63, 3.8) is 0 Å². The minimum Gasteiger partial charge on any atom is -0.371 e. The molecule has 2 fully saturated rings. The van der Waals surface area contributed by atoms with Crippen molar-refractivity contribution in [1.29, 1.82) is 0 Å². The zero-order valence-electron chi connectivity index (χ0n) is 15.6. The highest BCUT2D eigenvalue weighted by atomic mass is 16.5. The molecule has 3 atom stereocenters. The lowest BCUT2D eigenvalue weighted by atomic mass is 9.99. The lowest BCUT2D eigenvalue weighted by molar-refractivity contribution is -0.138. The van der Waals surface area contributed by atoms with Crippen molar-refractivity contribution in [3.05, 3.63) is 35.4 Å². The van der Waals surface area contributed by atoms with Gasteiger partial charge in [-0.05, 0) is 31.7 Å². The molecule has 0 aliphatic carbocycles. The van der Waals surface area contributed by atoms with Crippen LogP contribution in [0.2, 0.25) is 0 Å². The van der Waals surface area contributed by atoms with Gasteiger partial charge in [0.25, 0.3) is 0 Å². The van der Waals surface area contributed by atoms with Crippen molar-refractivity contribution >= 4 is 5.91 Å². The van der Waals surface area contributed by atoms with Crippen molar-refractivity contribution in [1.82, 2.24) is 9.80 Å². The molecule has 138 valence electrons. The topological polar surface area (TPSA) is 42.0 Å². The lowest BCUT2D eigenvalue weighted by Crippen LogP contribution is -2.43. The Hall–Kier alpha value is -1.43. The zero-order chi connectivity index (χ0) is 17.8. The first-order chi connectivity index (χ1) is 12.0. The van der Waals surface area contributed by atoms with Crippen LogP contribution in [0.4, 0.5) is 0 Å².